The van der Waals surface area contributed by atoms with E-state index in [-0.39, 0.29) is 18.4 Å². The predicted molar refractivity (Wildman–Crippen MR) is 86.6 cm³/mol. The maximum Gasteiger partial charge on any atom is 0.319 e. The molecule has 1 atom stereocenters. The normalized spacial score (nSPS) is 11.8. The summed E-state index contributed by atoms with van der Waals surface area (Å²) in [5.74, 6) is -0.510. The van der Waals surface area contributed by atoms with Gasteiger partial charge in [0.15, 0.2) is 0 Å². The van der Waals surface area contributed by atoms with Crippen LogP contribution in [0.15, 0.2) is 22.7 Å². The van der Waals surface area contributed by atoms with E-state index in [0.29, 0.717) is 13.0 Å². The Labute approximate surface area is 133 Å². The Kier molecular flexibility index (Phi) is 7.22. The third-order valence-electron chi connectivity index (χ3n) is 3.15. The minimum absolute atomic E-state index is 0.170. The van der Waals surface area contributed by atoms with Gasteiger partial charge in [0.1, 0.15) is 0 Å². The Morgan fingerprint density at radius 1 is 1.33 bits per heavy atom. The third kappa shape index (κ3) is 7.13. The molecule has 3 N–H and O–H groups in total. The van der Waals surface area contributed by atoms with Crippen molar-refractivity contribution in [3.8, 4) is 0 Å². The van der Waals surface area contributed by atoms with Crippen LogP contribution >= 0.6 is 15.9 Å². The van der Waals surface area contributed by atoms with E-state index in [1.165, 1.54) is 0 Å². The summed E-state index contributed by atoms with van der Waals surface area (Å²) in [6, 6.07) is 5.44. The van der Waals surface area contributed by atoms with Crippen molar-refractivity contribution in [2.24, 2.45) is 5.92 Å². The highest BCUT2D eigenvalue weighted by atomic mass is 79.9. The third-order valence-corrected chi connectivity index (χ3v) is 3.80. The fraction of sp³-hybridized carbons (Fsp3) is 0.467. The van der Waals surface area contributed by atoms with Crippen LogP contribution in [0.4, 0.5) is 10.5 Å². The Morgan fingerprint density at radius 2 is 2.05 bits per heavy atom. The second-order valence-electron chi connectivity index (χ2n) is 5.19. The van der Waals surface area contributed by atoms with Crippen LogP contribution in [-0.2, 0) is 4.79 Å². The average molecular weight is 357 g/mol. The molecule has 0 bridgehead atoms. The molecule has 0 fully saturated rings. The standard InChI is InChI=1S/C15H21BrN2O3/c1-10(4-6-14(19)20)7-8-17-15(21)18-13-5-3-11(2)9-12(13)16/h3,5,9-10H,4,6-8H2,1-2H3,(H,19,20)(H2,17,18,21). The molecule has 1 aromatic rings. The quantitative estimate of drug-likeness (QED) is 0.695. The SMILES string of the molecule is Cc1ccc(NC(=O)NCCC(C)CCC(=O)O)c(Br)c1. The monoisotopic (exact) mass is 356 g/mol. The summed E-state index contributed by atoms with van der Waals surface area (Å²) >= 11 is 3.40. The van der Waals surface area contributed by atoms with Crippen LogP contribution in [0.5, 0.6) is 0 Å². The van der Waals surface area contributed by atoms with Crippen molar-refractivity contribution in [3.05, 3.63) is 28.2 Å². The van der Waals surface area contributed by atoms with Crippen molar-refractivity contribution in [2.75, 3.05) is 11.9 Å². The molecule has 0 spiro atoms. The number of carbonyl (C=O) groups is 2. The number of hydrogen-bond acceptors (Lipinski definition) is 2. The number of carbonyl (C=O) groups excluding carboxylic acids is 1. The van der Waals surface area contributed by atoms with Crippen molar-refractivity contribution in [2.45, 2.75) is 33.1 Å². The number of carboxylic acid groups (broad SMARTS) is 1. The van der Waals surface area contributed by atoms with Crippen molar-refractivity contribution in [3.63, 3.8) is 0 Å². The maximum atomic E-state index is 11.8. The van der Waals surface area contributed by atoms with Crippen LogP contribution in [0.1, 0.15) is 31.7 Å². The molecule has 1 aromatic carbocycles. The van der Waals surface area contributed by atoms with Crippen LogP contribution < -0.4 is 10.6 Å². The lowest BCUT2D eigenvalue weighted by Crippen LogP contribution is -2.30. The van der Waals surface area contributed by atoms with E-state index >= 15 is 0 Å². The van der Waals surface area contributed by atoms with Gasteiger partial charge < -0.3 is 15.7 Å². The second kappa shape index (κ2) is 8.67. The Hall–Kier alpha value is -1.56. The van der Waals surface area contributed by atoms with Gasteiger partial charge in [-0.05, 0) is 59.3 Å². The van der Waals surface area contributed by atoms with Crippen molar-refractivity contribution in [1.82, 2.24) is 5.32 Å². The van der Waals surface area contributed by atoms with Gasteiger partial charge in [-0.2, -0.15) is 0 Å². The van der Waals surface area contributed by atoms with Gasteiger partial charge in [-0.25, -0.2) is 4.79 Å². The summed E-state index contributed by atoms with van der Waals surface area (Å²) in [5.41, 5.74) is 1.83. The number of carboxylic acids is 1. The molecule has 0 aliphatic rings. The fourth-order valence-corrected chi connectivity index (χ4v) is 2.43. The first kappa shape index (κ1) is 17.5. The van der Waals surface area contributed by atoms with Gasteiger partial charge >= 0.3 is 12.0 Å². The first-order valence-corrected chi connectivity index (χ1v) is 7.70. The van der Waals surface area contributed by atoms with Crippen LogP contribution in [-0.4, -0.2) is 23.7 Å². The summed E-state index contributed by atoms with van der Waals surface area (Å²) < 4.78 is 0.840. The zero-order valence-corrected chi connectivity index (χ0v) is 13.9. The lowest BCUT2D eigenvalue weighted by molar-refractivity contribution is -0.137. The number of amides is 2. The van der Waals surface area contributed by atoms with Gasteiger partial charge in [0.25, 0.3) is 0 Å². The van der Waals surface area contributed by atoms with E-state index < -0.39 is 5.97 Å². The van der Waals surface area contributed by atoms with Gasteiger partial charge in [-0.3, -0.25) is 4.79 Å². The Balaban J connectivity index is 2.29. The van der Waals surface area contributed by atoms with Gasteiger partial charge in [0.05, 0.1) is 5.69 Å². The molecule has 0 aromatic heterocycles. The van der Waals surface area contributed by atoms with Crippen molar-refractivity contribution < 1.29 is 14.7 Å². The highest BCUT2D eigenvalue weighted by Gasteiger charge is 2.08. The molecule has 21 heavy (non-hydrogen) atoms. The fourth-order valence-electron chi connectivity index (χ4n) is 1.83. The number of hydrogen-bond donors (Lipinski definition) is 3. The van der Waals surface area contributed by atoms with E-state index in [2.05, 4.69) is 26.6 Å². The second-order valence-corrected chi connectivity index (χ2v) is 6.04. The minimum Gasteiger partial charge on any atom is -0.481 e. The zero-order chi connectivity index (χ0) is 15.8. The highest BCUT2D eigenvalue weighted by molar-refractivity contribution is 9.10. The van der Waals surface area contributed by atoms with E-state index in [0.717, 1.165) is 22.1 Å². The number of halogens is 1. The summed E-state index contributed by atoms with van der Waals surface area (Å²) in [6.07, 6.45) is 1.56. The van der Waals surface area contributed by atoms with E-state index in [4.69, 9.17) is 5.11 Å². The molecular weight excluding hydrogens is 336 g/mol. The van der Waals surface area contributed by atoms with Crippen LogP contribution in [0.2, 0.25) is 0 Å². The molecule has 0 aliphatic carbocycles. The summed E-state index contributed by atoms with van der Waals surface area (Å²) in [4.78, 5) is 22.2. The van der Waals surface area contributed by atoms with Crippen molar-refractivity contribution >= 4 is 33.6 Å². The lowest BCUT2D eigenvalue weighted by atomic mass is 10.0. The molecule has 0 saturated heterocycles. The molecule has 1 rings (SSSR count). The largest absolute Gasteiger partial charge is 0.481 e. The smallest absolute Gasteiger partial charge is 0.319 e. The van der Waals surface area contributed by atoms with Gasteiger partial charge in [0.2, 0.25) is 0 Å². The Morgan fingerprint density at radius 3 is 2.67 bits per heavy atom. The number of urea groups is 1. The van der Waals surface area contributed by atoms with Crippen LogP contribution in [0, 0.1) is 12.8 Å². The molecule has 2 amide bonds. The first-order chi connectivity index (χ1) is 9.88. The lowest BCUT2D eigenvalue weighted by Gasteiger charge is -2.12. The van der Waals surface area contributed by atoms with E-state index in [1.54, 1.807) is 0 Å². The predicted octanol–water partition coefficient (Wildman–Crippen LogP) is 3.77. The molecule has 5 nitrogen and oxygen atoms in total. The van der Waals surface area contributed by atoms with Gasteiger partial charge in [0, 0.05) is 17.4 Å². The van der Waals surface area contributed by atoms with E-state index in [9.17, 15) is 9.59 Å². The topological polar surface area (TPSA) is 78.4 Å². The number of benzene rings is 1. The number of nitrogens with one attached hydrogen (secondary N) is 2. The Bertz CT molecular complexity index is 506. The molecule has 6 heteroatoms. The van der Waals surface area contributed by atoms with Gasteiger partial charge in [-0.1, -0.05) is 13.0 Å². The van der Waals surface area contributed by atoms with E-state index in [1.807, 2.05) is 32.0 Å². The minimum atomic E-state index is -0.781. The van der Waals surface area contributed by atoms with Gasteiger partial charge in [-0.15, -0.1) is 0 Å². The molecule has 1 unspecified atom stereocenters. The molecule has 0 radical (unpaired) electrons. The number of aryl methyl sites for hydroxylation is 1. The highest BCUT2D eigenvalue weighted by Crippen LogP contribution is 2.23. The number of aliphatic carboxylic acids is 1. The molecule has 0 heterocycles. The van der Waals surface area contributed by atoms with Crippen LogP contribution in [0.3, 0.4) is 0 Å². The maximum absolute atomic E-state index is 11.8. The summed E-state index contributed by atoms with van der Waals surface area (Å²) in [5, 5.41) is 14.1. The zero-order valence-electron chi connectivity index (χ0n) is 12.3. The molecule has 116 valence electrons. The number of rotatable bonds is 7. The van der Waals surface area contributed by atoms with Crippen molar-refractivity contribution in [1.29, 1.82) is 0 Å². The van der Waals surface area contributed by atoms with Crippen LogP contribution in [0.25, 0.3) is 0 Å². The molecule has 0 saturated carbocycles. The molecular formula is C15H21BrN2O3. The summed E-state index contributed by atoms with van der Waals surface area (Å²) in [7, 11) is 0. The number of anilines is 1. The summed E-state index contributed by atoms with van der Waals surface area (Å²) in [6.45, 7) is 4.49. The average Bonchev–Trinajstić information content (AvgIpc) is 2.39. The molecule has 0 aliphatic heterocycles. The first-order valence-electron chi connectivity index (χ1n) is 6.91.